The Kier molecular flexibility index (Phi) is 4.78. The Balaban J connectivity index is 1.36. The van der Waals surface area contributed by atoms with Crippen molar-refractivity contribution in [2.75, 3.05) is 0 Å². The molecule has 4 rings (SSSR count). The third-order valence-electron chi connectivity index (χ3n) is 5.73. The van der Waals surface area contributed by atoms with E-state index < -0.39 is 0 Å². The Hall–Kier alpha value is -1.84. The summed E-state index contributed by atoms with van der Waals surface area (Å²) in [5.41, 5.74) is 1.83. The van der Waals surface area contributed by atoms with Gasteiger partial charge in [-0.05, 0) is 62.1 Å². The van der Waals surface area contributed by atoms with Crippen LogP contribution in [-0.4, -0.2) is 28.8 Å². The summed E-state index contributed by atoms with van der Waals surface area (Å²) in [6.45, 7) is 0.681. The summed E-state index contributed by atoms with van der Waals surface area (Å²) in [6, 6.07) is 8.59. The average molecular weight is 340 g/mol. The van der Waals surface area contributed by atoms with Crippen LogP contribution in [0, 0.1) is 5.92 Å². The molecule has 0 aromatic heterocycles. The lowest BCUT2D eigenvalue weighted by Gasteiger charge is -2.24. The highest BCUT2D eigenvalue weighted by Crippen LogP contribution is 2.33. The SMILES string of the molecule is O=C(NC1CC1)c1ccc(CN(C(=O)CC2CCCC2)C2CC2)cc1. The standard InChI is InChI=1S/C21H28N2O2/c24-20(13-15-3-1-2-4-15)23(19-11-12-19)14-16-5-7-17(8-6-16)21(25)22-18-9-10-18/h5-8,15,18-19H,1-4,9-14H2,(H,22,25). The molecule has 1 aromatic carbocycles. The van der Waals surface area contributed by atoms with Crippen LogP contribution in [0.3, 0.4) is 0 Å². The minimum Gasteiger partial charge on any atom is -0.349 e. The van der Waals surface area contributed by atoms with E-state index in [0.29, 0.717) is 36.0 Å². The second-order valence-electron chi connectivity index (χ2n) is 8.05. The van der Waals surface area contributed by atoms with E-state index in [0.717, 1.165) is 37.7 Å². The number of amides is 2. The molecule has 1 N–H and O–H groups in total. The first kappa shape index (κ1) is 16.6. The number of rotatable bonds is 7. The summed E-state index contributed by atoms with van der Waals surface area (Å²) in [7, 11) is 0. The van der Waals surface area contributed by atoms with Gasteiger partial charge < -0.3 is 10.2 Å². The summed E-state index contributed by atoms with van der Waals surface area (Å²) in [6.07, 6.45) is 10.2. The van der Waals surface area contributed by atoms with E-state index in [9.17, 15) is 9.59 Å². The average Bonchev–Trinajstić information content (AvgIpc) is 3.54. The number of carbonyl (C=O) groups excluding carboxylic acids is 2. The van der Waals surface area contributed by atoms with E-state index >= 15 is 0 Å². The number of hydrogen-bond acceptors (Lipinski definition) is 2. The molecule has 25 heavy (non-hydrogen) atoms. The van der Waals surface area contributed by atoms with Crippen molar-refractivity contribution in [3.05, 3.63) is 35.4 Å². The molecule has 0 spiro atoms. The topological polar surface area (TPSA) is 49.4 Å². The lowest BCUT2D eigenvalue weighted by Crippen LogP contribution is -2.33. The second kappa shape index (κ2) is 7.19. The summed E-state index contributed by atoms with van der Waals surface area (Å²) < 4.78 is 0. The number of nitrogens with one attached hydrogen (secondary N) is 1. The Morgan fingerprint density at radius 3 is 2.24 bits per heavy atom. The van der Waals surface area contributed by atoms with E-state index in [1.807, 2.05) is 24.3 Å². The summed E-state index contributed by atoms with van der Waals surface area (Å²) in [4.78, 5) is 26.9. The molecule has 0 radical (unpaired) electrons. The number of nitrogens with zero attached hydrogens (tertiary/aromatic N) is 1. The summed E-state index contributed by atoms with van der Waals surface area (Å²) >= 11 is 0. The van der Waals surface area contributed by atoms with E-state index in [1.165, 1.54) is 25.7 Å². The third kappa shape index (κ3) is 4.42. The molecule has 3 aliphatic carbocycles. The normalized spacial score (nSPS) is 20.5. The van der Waals surface area contributed by atoms with Crippen LogP contribution in [0.1, 0.15) is 73.7 Å². The van der Waals surface area contributed by atoms with Crippen LogP contribution in [-0.2, 0) is 11.3 Å². The first-order chi connectivity index (χ1) is 12.2. The summed E-state index contributed by atoms with van der Waals surface area (Å²) in [5, 5.41) is 3.01. The van der Waals surface area contributed by atoms with Gasteiger partial charge in [0.25, 0.3) is 5.91 Å². The monoisotopic (exact) mass is 340 g/mol. The summed E-state index contributed by atoms with van der Waals surface area (Å²) in [5.74, 6) is 0.942. The predicted molar refractivity (Wildman–Crippen MR) is 97.1 cm³/mol. The van der Waals surface area contributed by atoms with Crippen LogP contribution < -0.4 is 5.32 Å². The molecule has 0 bridgehead atoms. The molecular formula is C21H28N2O2. The van der Waals surface area contributed by atoms with Gasteiger partial charge in [-0.3, -0.25) is 9.59 Å². The number of hydrogen-bond donors (Lipinski definition) is 1. The van der Waals surface area contributed by atoms with Gasteiger partial charge in [0.05, 0.1) is 0 Å². The lowest BCUT2D eigenvalue weighted by molar-refractivity contribution is -0.133. The van der Waals surface area contributed by atoms with Crippen LogP contribution in [0.5, 0.6) is 0 Å². The van der Waals surface area contributed by atoms with Crippen LogP contribution in [0.4, 0.5) is 0 Å². The van der Waals surface area contributed by atoms with Gasteiger partial charge in [0.1, 0.15) is 0 Å². The van der Waals surface area contributed by atoms with Gasteiger partial charge in [0.15, 0.2) is 0 Å². The van der Waals surface area contributed by atoms with E-state index in [4.69, 9.17) is 0 Å². The smallest absolute Gasteiger partial charge is 0.251 e. The molecule has 0 saturated heterocycles. The molecule has 3 saturated carbocycles. The zero-order valence-electron chi connectivity index (χ0n) is 14.9. The second-order valence-corrected chi connectivity index (χ2v) is 8.05. The molecule has 1 aromatic rings. The van der Waals surface area contributed by atoms with Crippen molar-refractivity contribution in [1.29, 1.82) is 0 Å². The minimum atomic E-state index is 0.0189. The Morgan fingerprint density at radius 2 is 1.64 bits per heavy atom. The van der Waals surface area contributed by atoms with Crippen LogP contribution in [0.2, 0.25) is 0 Å². The highest BCUT2D eigenvalue weighted by molar-refractivity contribution is 5.94. The van der Waals surface area contributed by atoms with Crippen molar-refractivity contribution in [3.8, 4) is 0 Å². The molecule has 3 aliphatic rings. The maximum atomic E-state index is 12.8. The van der Waals surface area contributed by atoms with Crippen molar-refractivity contribution >= 4 is 11.8 Å². The third-order valence-corrected chi connectivity index (χ3v) is 5.73. The first-order valence-corrected chi connectivity index (χ1v) is 9.88. The predicted octanol–water partition coefficient (Wildman–Crippen LogP) is 3.65. The molecular weight excluding hydrogens is 312 g/mol. The van der Waals surface area contributed by atoms with Crippen molar-refractivity contribution < 1.29 is 9.59 Å². The van der Waals surface area contributed by atoms with Gasteiger partial charge in [-0.2, -0.15) is 0 Å². The molecule has 4 nitrogen and oxygen atoms in total. The molecule has 0 atom stereocenters. The molecule has 0 unspecified atom stereocenters. The van der Waals surface area contributed by atoms with E-state index in [2.05, 4.69) is 10.2 Å². The number of carbonyl (C=O) groups is 2. The van der Waals surface area contributed by atoms with Gasteiger partial charge in [-0.15, -0.1) is 0 Å². The zero-order chi connectivity index (χ0) is 17.2. The van der Waals surface area contributed by atoms with Crippen molar-refractivity contribution in [3.63, 3.8) is 0 Å². The quantitative estimate of drug-likeness (QED) is 0.824. The number of benzene rings is 1. The van der Waals surface area contributed by atoms with E-state index in [-0.39, 0.29) is 5.91 Å². The fourth-order valence-corrected chi connectivity index (χ4v) is 3.84. The van der Waals surface area contributed by atoms with Crippen LogP contribution >= 0.6 is 0 Å². The Bertz CT molecular complexity index is 626. The van der Waals surface area contributed by atoms with Gasteiger partial charge >= 0.3 is 0 Å². The maximum Gasteiger partial charge on any atom is 0.251 e. The molecule has 2 amide bonds. The maximum absolute atomic E-state index is 12.8. The molecule has 3 fully saturated rings. The van der Waals surface area contributed by atoms with Gasteiger partial charge in [-0.25, -0.2) is 0 Å². The zero-order valence-corrected chi connectivity index (χ0v) is 14.9. The van der Waals surface area contributed by atoms with Crippen molar-refractivity contribution in [1.82, 2.24) is 10.2 Å². The first-order valence-electron chi connectivity index (χ1n) is 9.88. The Morgan fingerprint density at radius 1 is 0.960 bits per heavy atom. The highest BCUT2D eigenvalue weighted by Gasteiger charge is 2.33. The fraction of sp³-hybridized carbons (Fsp3) is 0.619. The van der Waals surface area contributed by atoms with Gasteiger partial charge in [0.2, 0.25) is 5.91 Å². The Labute approximate surface area is 150 Å². The molecule has 134 valence electrons. The van der Waals surface area contributed by atoms with Crippen LogP contribution in [0.25, 0.3) is 0 Å². The van der Waals surface area contributed by atoms with Crippen molar-refractivity contribution in [2.45, 2.75) is 76.4 Å². The van der Waals surface area contributed by atoms with Gasteiger partial charge in [-0.1, -0.05) is 25.0 Å². The molecule has 4 heteroatoms. The molecule has 0 heterocycles. The van der Waals surface area contributed by atoms with Crippen LogP contribution in [0.15, 0.2) is 24.3 Å². The van der Waals surface area contributed by atoms with Gasteiger partial charge in [0, 0.05) is 30.6 Å². The largest absolute Gasteiger partial charge is 0.349 e. The van der Waals surface area contributed by atoms with E-state index in [1.54, 1.807) is 0 Å². The lowest BCUT2D eigenvalue weighted by atomic mass is 10.0. The molecule has 0 aliphatic heterocycles. The minimum absolute atomic E-state index is 0.0189. The highest BCUT2D eigenvalue weighted by atomic mass is 16.2. The van der Waals surface area contributed by atoms with Crippen molar-refractivity contribution in [2.24, 2.45) is 5.92 Å². The fourth-order valence-electron chi connectivity index (χ4n) is 3.84.